The van der Waals surface area contributed by atoms with Gasteiger partial charge in [0, 0.05) is 6.92 Å². The van der Waals surface area contributed by atoms with Gasteiger partial charge in [0.05, 0.1) is 6.61 Å². The molecule has 23 heavy (non-hydrogen) atoms. The molecule has 4 nitrogen and oxygen atoms in total. The number of carbonyl (C=O) groups is 2. The van der Waals surface area contributed by atoms with E-state index in [1.165, 1.54) is 6.92 Å². The second-order valence-electron chi connectivity index (χ2n) is 6.80. The molecule has 1 aliphatic carbocycles. The van der Waals surface area contributed by atoms with Crippen LogP contribution in [0.25, 0.3) is 0 Å². The summed E-state index contributed by atoms with van der Waals surface area (Å²) in [7, 11) is 0. The van der Waals surface area contributed by atoms with Crippen molar-refractivity contribution in [3.8, 4) is 0 Å². The molecule has 1 fully saturated rings. The quantitative estimate of drug-likeness (QED) is 0.753. The van der Waals surface area contributed by atoms with Crippen molar-refractivity contribution in [2.75, 3.05) is 6.61 Å². The minimum Gasteiger partial charge on any atom is -0.465 e. The van der Waals surface area contributed by atoms with Crippen molar-refractivity contribution < 1.29 is 19.1 Å². The lowest BCUT2D eigenvalue weighted by Gasteiger charge is -2.33. The highest BCUT2D eigenvalue weighted by atomic mass is 16.6. The van der Waals surface area contributed by atoms with Crippen LogP contribution in [0.2, 0.25) is 0 Å². The Balaban J connectivity index is 2.25. The molecule has 2 unspecified atom stereocenters. The van der Waals surface area contributed by atoms with Crippen molar-refractivity contribution in [2.45, 2.75) is 52.6 Å². The summed E-state index contributed by atoms with van der Waals surface area (Å²) in [5.41, 5.74) is 0.301. The van der Waals surface area contributed by atoms with Crippen LogP contribution in [-0.4, -0.2) is 24.6 Å². The number of esters is 2. The second kappa shape index (κ2) is 7.62. The van der Waals surface area contributed by atoms with Gasteiger partial charge in [-0.3, -0.25) is 9.59 Å². The topological polar surface area (TPSA) is 52.6 Å². The third-order valence-electron chi connectivity index (χ3n) is 4.33. The molecule has 2 rings (SSSR count). The minimum atomic E-state index is -0.762. The zero-order chi connectivity index (χ0) is 16.9. The highest BCUT2D eigenvalue weighted by Gasteiger charge is 2.52. The van der Waals surface area contributed by atoms with Crippen molar-refractivity contribution in [3.05, 3.63) is 35.9 Å². The molecule has 0 aromatic heterocycles. The molecule has 0 aliphatic heterocycles. The number of hydrogen-bond acceptors (Lipinski definition) is 4. The summed E-state index contributed by atoms with van der Waals surface area (Å²) >= 11 is 0. The van der Waals surface area contributed by atoms with Gasteiger partial charge in [0.15, 0.2) is 0 Å². The number of rotatable bonds is 6. The maximum Gasteiger partial charge on any atom is 0.316 e. The van der Waals surface area contributed by atoms with E-state index < -0.39 is 11.5 Å². The molecule has 2 atom stereocenters. The smallest absolute Gasteiger partial charge is 0.316 e. The van der Waals surface area contributed by atoms with E-state index in [-0.39, 0.29) is 17.9 Å². The van der Waals surface area contributed by atoms with Gasteiger partial charge >= 0.3 is 11.9 Å². The molecule has 0 radical (unpaired) electrons. The monoisotopic (exact) mass is 318 g/mol. The first-order valence-electron chi connectivity index (χ1n) is 8.32. The third kappa shape index (κ3) is 4.34. The summed E-state index contributed by atoms with van der Waals surface area (Å²) in [6.07, 6.45) is 2.41. The Bertz CT molecular complexity index is 538. The summed E-state index contributed by atoms with van der Waals surface area (Å²) in [5.74, 6) is -0.300. The van der Waals surface area contributed by atoms with Crippen molar-refractivity contribution in [1.29, 1.82) is 0 Å². The molecule has 0 heterocycles. The Kier molecular flexibility index (Phi) is 5.80. The minimum absolute atomic E-state index is 0.237. The van der Waals surface area contributed by atoms with E-state index in [1.54, 1.807) is 0 Å². The van der Waals surface area contributed by atoms with Gasteiger partial charge in [-0.2, -0.15) is 0 Å². The van der Waals surface area contributed by atoms with E-state index in [1.807, 2.05) is 44.2 Å². The van der Waals surface area contributed by atoms with Crippen LogP contribution in [0.1, 0.15) is 45.6 Å². The average molecular weight is 318 g/mol. The molecular formula is C19H26O4. The molecule has 0 saturated heterocycles. The molecule has 1 aliphatic rings. The number of hydrogen-bond donors (Lipinski definition) is 0. The van der Waals surface area contributed by atoms with Crippen LogP contribution in [-0.2, 0) is 25.5 Å². The Hall–Kier alpha value is -1.84. The fourth-order valence-electron chi connectivity index (χ4n) is 3.27. The largest absolute Gasteiger partial charge is 0.465 e. The molecule has 0 spiro atoms. The normalized spacial score (nSPS) is 23.7. The van der Waals surface area contributed by atoms with Crippen LogP contribution in [0.4, 0.5) is 0 Å². The predicted octanol–water partition coefficient (Wildman–Crippen LogP) is 3.53. The van der Waals surface area contributed by atoms with Gasteiger partial charge in [-0.15, -0.1) is 0 Å². The zero-order valence-electron chi connectivity index (χ0n) is 14.2. The Morgan fingerprint density at radius 1 is 1.26 bits per heavy atom. The van der Waals surface area contributed by atoms with Gasteiger partial charge in [-0.05, 0) is 37.2 Å². The van der Waals surface area contributed by atoms with Crippen LogP contribution in [0.15, 0.2) is 30.3 Å². The molecule has 4 heteroatoms. The number of ether oxygens (including phenoxy) is 2. The fraction of sp³-hybridized carbons (Fsp3) is 0.579. The van der Waals surface area contributed by atoms with Gasteiger partial charge < -0.3 is 9.47 Å². The molecule has 1 aromatic rings. The van der Waals surface area contributed by atoms with Crippen LogP contribution in [0, 0.1) is 11.3 Å². The second-order valence-corrected chi connectivity index (χ2v) is 6.80. The van der Waals surface area contributed by atoms with Crippen LogP contribution in [0.5, 0.6) is 0 Å². The van der Waals surface area contributed by atoms with Gasteiger partial charge in [0.1, 0.15) is 11.5 Å². The lowest BCUT2D eigenvalue weighted by molar-refractivity contribution is -0.170. The molecule has 1 aromatic carbocycles. The Morgan fingerprint density at radius 3 is 2.57 bits per heavy atom. The summed E-state index contributed by atoms with van der Waals surface area (Å²) in [5, 5.41) is 0. The van der Waals surface area contributed by atoms with E-state index in [4.69, 9.17) is 9.47 Å². The van der Waals surface area contributed by atoms with Crippen LogP contribution in [0.3, 0.4) is 0 Å². The molecule has 0 bridgehead atoms. The summed E-state index contributed by atoms with van der Waals surface area (Å²) in [6, 6.07) is 9.86. The van der Waals surface area contributed by atoms with Crippen molar-refractivity contribution in [2.24, 2.45) is 11.3 Å². The van der Waals surface area contributed by atoms with E-state index in [0.717, 1.165) is 12.0 Å². The average Bonchev–Trinajstić information content (AvgIpc) is 2.89. The molecule has 126 valence electrons. The van der Waals surface area contributed by atoms with E-state index in [9.17, 15) is 9.59 Å². The number of carbonyl (C=O) groups excluding carboxylic acids is 2. The van der Waals surface area contributed by atoms with Crippen molar-refractivity contribution in [3.63, 3.8) is 0 Å². The third-order valence-corrected chi connectivity index (χ3v) is 4.33. The summed E-state index contributed by atoms with van der Waals surface area (Å²) in [6.45, 7) is 5.80. The first-order chi connectivity index (χ1) is 10.9. The fourth-order valence-corrected chi connectivity index (χ4v) is 3.27. The molecule has 0 amide bonds. The Labute approximate surface area is 138 Å². The summed E-state index contributed by atoms with van der Waals surface area (Å²) in [4.78, 5) is 24.3. The molecule has 0 N–H and O–H groups in total. The van der Waals surface area contributed by atoms with Gasteiger partial charge in [-0.25, -0.2) is 0 Å². The van der Waals surface area contributed by atoms with E-state index in [0.29, 0.717) is 25.9 Å². The highest BCUT2D eigenvalue weighted by molar-refractivity contribution is 5.79. The summed E-state index contributed by atoms with van der Waals surface area (Å²) < 4.78 is 11.0. The SMILES string of the molecule is CC(=O)OC1CCCC1(Cc1ccccc1)C(=O)OCC(C)C. The lowest BCUT2D eigenvalue weighted by Crippen LogP contribution is -2.44. The maximum absolute atomic E-state index is 12.9. The first-order valence-corrected chi connectivity index (χ1v) is 8.32. The highest BCUT2D eigenvalue weighted by Crippen LogP contribution is 2.44. The van der Waals surface area contributed by atoms with E-state index >= 15 is 0 Å². The van der Waals surface area contributed by atoms with E-state index in [2.05, 4.69) is 0 Å². The van der Waals surface area contributed by atoms with Crippen LogP contribution < -0.4 is 0 Å². The number of benzene rings is 1. The Morgan fingerprint density at radius 2 is 1.96 bits per heavy atom. The van der Waals surface area contributed by atoms with Gasteiger partial charge in [0.2, 0.25) is 0 Å². The standard InChI is InChI=1S/C19H26O4/c1-14(2)13-22-18(21)19(12-16-8-5-4-6-9-16)11-7-10-17(19)23-15(3)20/h4-6,8-9,14,17H,7,10-13H2,1-3H3. The molecule has 1 saturated carbocycles. The van der Waals surface area contributed by atoms with Crippen molar-refractivity contribution in [1.82, 2.24) is 0 Å². The van der Waals surface area contributed by atoms with Gasteiger partial charge in [0.25, 0.3) is 0 Å². The maximum atomic E-state index is 12.9. The molecular weight excluding hydrogens is 292 g/mol. The van der Waals surface area contributed by atoms with Crippen LogP contribution >= 0.6 is 0 Å². The first kappa shape index (κ1) is 17.5. The zero-order valence-corrected chi connectivity index (χ0v) is 14.2. The lowest BCUT2D eigenvalue weighted by atomic mass is 9.78. The van der Waals surface area contributed by atoms with Crippen molar-refractivity contribution >= 4 is 11.9 Å². The van der Waals surface area contributed by atoms with Gasteiger partial charge in [-0.1, -0.05) is 44.2 Å². The predicted molar refractivity (Wildman–Crippen MR) is 87.8 cm³/mol.